The molecule has 0 heterocycles. The fourth-order valence-corrected chi connectivity index (χ4v) is 2.26. The van der Waals surface area contributed by atoms with Crippen molar-refractivity contribution in [3.05, 3.63) is 0 Å². The summed E-state index contributed by atoms with van der Waals surface area (Å²) in [6.07, 6.45) is 7.24. The number of rotatable bonds is 10. The van der Waals surface area contributed by atoms with E-state index in [1.54, 1.807) is 0 Å². The summed E-state index contributed by atoms with van der Waals surface area (Å²) in [5, 5.41) is 9.53. The predicted octanol–water partition coefficient (Wildman–Crippen LogP) is 2.43. The quantitative estimate of drug-likeness (QED) is 0.330. The molecule has 0 aromatic heterocycles. The summed E-state index contributed by atoms with van der Waals surface area (Å²) in [6.45, 7) is 10.7. The van der Waals surface area contributed by atoms with Gasteiger partial charge in [0, 0.05) is 19.1 Å². The molecule has 1 fully saturated rings. The van der Waals surface area contributed by atoms with Crippen LogP contribution in [0.25, 0.3) is 0 Å². The van der Waals surface area contributed by atoms with Crippen LogP contribution in [0.4, 0.5) is 0 Å². The summed E-state index contributed by atoms with van der Waals surface area (Å²) < 4.78 is 0. The van der Waals surface area contributed by atoms with Crippen molar-refractivity contribution < 1.29 is 4.79 Å². The van der Waals surface area contributed by atoms with Gasteiger partial charge in [-0.25, -0.2) is 4.99 Å². The number of unbranched alkanes of at least 4 members (excludes halogenated alkanes) is 2. The fraction of sp³-hybridized carbons (Fsp3) is 0.882. The van der Waals surface area contributed by atoms with Gasteiger partial charge in [-0.1, -0.05) is 40.0 Å². The molecule has 0 aromatic carbocycles. The summed E-state index contributed by atoms with van der Waals surface area (Å²) in [4.78, 5) is 16.1. The summed E-state index contributed by atoms with van der Waals surface area (Å²) in [7, 11) is 0. The average molecular weight is 310 g/mol. The van der Waals surface area contributed by atoms with Gasteiger partial charge in [-0.05, 0) is 31.6 Å². The first-order chi connectivity index (χ1) is 10.5. The van der Waals surface area contributed by atoms with Crippen LogP contribution in [0.3, 0.4) is 0 Å². The highest BCUT2D eigenvalue weighted by Crippen LogP contribution is 2.22. The van der Waals surface area contributed by atoms with Crippen molar-refractivity contribution in [3.63, 3.8) is 0 Å². The predicted molar refractivity (Wildman–Crippen MR) is 93.1 cm³/mol. The first-order valence-corrected chi connectivity index (χ1v) is 8.78. The van der Waals surface area contributed by atoms with Crippen molar-refractivity contribution >= 4 is 11.9 Å². The molecule has 0 bridgehead atoms. The van der Waals surface area contributed by atoms with Crippen LogP contribution in [-0.2, 0) is 4.79 Å². The Kier molecular flexibility index (Phi) is 8.28. The molecule has 0 radical (unpaired) electrons. The van der Waals surface area contributed by atoms with Gasteiger partial charge in [0.05, 0.1) is 0 Å². The van der Waals surface area contributed by atoms with Gasteiger partial charge in [0.2, 0.25) is 5.91 Å². The molecule has 1 saturated carbocycles. The van der Waals surface area contributed by atoms with Crippen molar-refractivity contribution in [1.29, 1.82) is 0 Å². The number of nitrogens with one attached hydrogen (secondary N) is 3. The third-order valence-electron chi connectivity index (χ3n) is 3.86. The van der Waals surface area contributed by atoms with Crippen LogP contribution >= 0.6 is 0 Å². The zero-order valence-corrected chi connectivity index (χ0v) is 14.8. The fourth-order valence-electron chi connectivity index (χ4n) is 2.26. The topological polar surface area (TPSA) is 65.5 Å². The average Bonchev–Trinajstić information content (AvgIpc) is 3.26. The summed E-state index contributed by atoms with van der Waals surface area (Å²) in [6, 6.07) is 0.399. The molecule has 1 rings (SSSR count). The van der Waals surface area contributed by atoms with Gasteiger partial charge in [-0.15, -0.1) is 0 Å². The number of aliphatic imine (C=N–C) groups is 1. The molecule has 0 saturated heterocycles. The van der Waals surface area contributed by atoms with E-state index in [1.807, 2.05) is 6.92 Å². The maximum atomic E-state index is 11.7. The SMILES string of the molecule is CCCCCC(C)(C)CNC(=NCC(=O)NC1CC1)NCC. The van der Waals surface area contributed by atoms with Gasteiger partial charge in [0.25, 0.3) is 0 Å². The van der Waals surface area contributed by atoms with E-state index in [-0.39, 0.29) is 17.9 Å². The molecule has 22 heavy (non-hydrogen) atoms. The Bertz CT molecular complexity index is 362. The van der Waals surface area contributed by atoms with Crippen molar-refractivity contribution in [3.8, 4) is 0 Å². The lowest BCUT2D eigenvalue weighted by Crippen LogP contribution is -2.42. The lowest BCUT2D eigenvalue weighted by atomic mass is 9.87. The van der Waals surface area contributed by atoms with Crippen molar-refractivity contribution in [1.82, 2.24) is 16.0 Å². The van der Waals surface area contributed by atoms with Crippen molar-refractivity contribution in [2.75, 3.05) is 19.6 Å². The summed E-state index contributed by atoms with van der Waals surface area (Å²) >= 11 is 0. The Labute approximate surface area is 135 Å². The second kappa shape index (κ2) is 9.70. The van der Waals surface area contributed by atoms with E-state index in [4.69, 9.17) is 0 Å². The molecule has 0 unspecified atom stereocenters. The molecule has 3 N–H and O–H groups in total. The second-order valence-corrected chi connectivity index (χ2v) is 7.01. The van der Waals surface area contributed by atoms with Crippen LogP contribution < -0.4 is 16.0 Å². The molecule has 5 nitrogen and oxygen atoms in total. The van der Waals surface area contributed by atoms with E-state index >= 15 is 0 Å². The molecule has 128 valence electrons. The maximum Gasteiger partial charge on any atom is 0.242 e. The monoisotopic (exact) mass is 310 g/mol. The van der Waals surface area contributed by atoms with Crippen LogP contribution in [0.1, 0.15) is 66.2 Å². The highest BCUT2D eigenvalue weighted by Gasteiger charge is 2.23. The summed E-state index contributed by atoms with van der Waals surface area (Å²) in [5.74, 6) is 0.749. The van der Waals surface area contributed by atoms with Crippen LogP contribution in [0, 0.1) is 5.41 Å². The van der Waals surface area contributed by atoms with Gasteiger partial charge in [-0.2, -0.15) is 0 Å². The zero-order chi connectivity index (χ0) is 16.4. The number of hydrogen-bond acceptors (Lipinski definition) is 2. The van der Waals surface area contributed by atoms with E-state index in [2.05, 4.69) is 41.7 Å². The third kappa shape index (κ3) is 8.90. The number of amides is 1. The van der Waals surface area contributed by atoms with E-state index in [9.17, 15) is 4.79 Å². The van der Waals surface area contributed by atoms with Crippen LogP contribution in [0.2, 0.25) is 0 Å². The van der Waals surface area contributed by atoms with E-state index in [0.29, 0.717) is 6.04 Å². The van der Waals surface area contributed by atoms with Gasteiger partial charge in [-0.3, -0.25) is 4.79 Å². The standard InChI is InChI=1S/C17H34N4O/c1-5-7-8-11-17(3,4)13-20-16(18-6-2)19-12-15(22)21-14-9-10-14/h14H,5-13H2,1-4H3,(H,21,22)(H2,18,19,20). The summed E-state index contributed by atoms with van der Waals surface area (Å²) in [5.41, 5.74) is 0.238. The Hall–Kier alpha value is -1.26. The minimum absolute atomic E-state index is 0.0157. The van der Waals surface area contributed by atoms with E-state index < -0.39 is 0 Å². The molecule has 0 atom stereocenters. The first-order valence-electron chi connectivity index (χ1n) is 8.78. The van der Waals surface area contributed by atoms with Crippen LogP contribution in [-0.4, -0.2) is 37.5 Å². The molecule has 5 heteroatoms. The smallest absolute Gasteiger partial charge is 0.242 e. The molecule has 0 aliphatic heterocycles. The maximum absolute atomic E-state index is 11.7. The normalized spacial score (nSPS) is 15.5. The highest BCUT2D eigenvalue weighted by molar-refractivity contribution is 5.85. The number of guanidine groups is 1. The minimum atomic E-state index is 0.0157. The molecule has 0 spiro atoms. The van der Waals surface area contributed by atoms with Crippen LogP contribution in [0.15, 0.2) is 4.99 Å². The zero-order valence-electron chi connectivity index (χ0n) is 14.8. The highest BCUT2D eigenvalue weighted by atomic mass is 16.2. The lowest BCUT2D eigenvalue weighted by Gasteiger charge is -2.26. The molecular formula is C17H34N4O. The Morgan fingerprint density at radius 1 is 1.18 bits per heavy atom. The van der Waals surface area contributed by atoms with Gasteiger partial charge in [0.15, 0.2) is 5.96 Å². The molecule has 1 aliphatic rings. The molecular weight excluding hydrogens is 276 g/mol. The van der Waals surface area contributed by atoms with Gasteiger partial charge in [0.1, 0.15) is 6.54 Å². The second-order valence-electron chi connectivity index (χ2n) is 7.01. The molecule has 0 aromatic rings. The number of carbonyl (C=O) groups is 1. The third-order valence-corrected chi connectivity index (χ3v) is 3.86. The first kappa shape index (κ1) is 18.8. The largest absolute Gasteiger partial charge is 0.357 e. The van der Waals surface area contributed by atoms with Crippen LogP contribution in [0.5, 0.6) is 0 Å². The van der Waals surface area contributed by atoms with E-state index in [0.717, 1.165) is 31.9 Å². The molecule has 1 aliphatic carbocycles. The number of nitrogens with zero attached hydrogens (tertiary/aromatic N) is 1. The minimum Gasteiger partial charge on any atom is -0.357 e. The van der Waals surface area contributed by atoms with Gasteiger partial charge >= 0.3 is 0 Å². The van der Waals surface area contributed by atoms with Crippen molar-refractivity contribution in [2.45, 2.75) is 72.3 Å². The molecule has 1 amide bonds. The lowest BCUT2D eigenvalue weighted by molar-refractivity contribution is -0.119. The Balaban J connectivity index is 2.35. The number of hydrogen-bond donors (Lipinski definition) is 3. The van der Waals surface area contributed by atoms with Crippen molar-refractivity contribution in [2.24, 2.45) is 10.4 Å². The Morgan fingerprint density at radius 2 is 1.91 bits per heavy atom. The van der Waals surface area contributed by atoms with E-state index in [1.165, 1.54) is 25.7 Å². The number of carbonyl (C=O) groups excluding carboxylic acids is 1. The Morgan fingerprint density at radius 3 is 2.50 bits per heavy atom. The van der Waals surface area contributed by atoms with Gasteiger partial charge < -0.3 is 16.0 Å².